The molecule has 26 heavy (non-hydrogen) atoms. The Morgan fingerprint density at radius 2 is 2.27 bits per heavy atom. The Labute approximate surface area is 165 Å². The van der Waals surface area contributed by atoms with Gasteiger partial charge < -0.3 is 10.4 Å². The number of tetrazole rings is 1. The van der Waals surface area contributed by atoms with Gasteiger partial charge in [-0.1, -0.05) is 27.7 Å². The lowest BCUT2D eigenvalue weighted by molar-refractivity contribution is -0.150. The number of carboxylic acids is 1. The first-order valence-electron chi connectivity index (χ1n) is 7.62. The van der Waals surface area contributed by atoms with Gasteiger partial charge in [-0.15, -0.1) is 16.9 Å². The molecule has 3 rings (SSSR count). The van der Waals surface area contributed by atoms with E-state index in [0.717, 1.165) is 0 Å². The normalized spacial score (nSPS) is 22.1. The van der Waals surface area contributed by atoms with Crippen molar-refractivity contribution in [3.63, 3.8) is 0 Å². The molecule has 2 atom stereocenters. The number of nitrogens with one attached hydrogen (secondary N) is 1. The average Bonchev–Trinajstić information content (AvgIpc) is 3.10. The molecule has 2 N–H and O–H groups in total. The number of halogens is 1. The van der Waals surface area contributed by atoms with Crippen molar-refractivity contribution < 1.29 is 19.5 Å². The van der Waals surface area contributed by atoms with Gasteiger partial charge in [-0.3, -0.25) is 14.5 Å². The van der Waals surface area contributed by atoms with Crippen LogP contribution in [0.3, 0.4) is 0 Å². The number of β-lactam (4-membered cyclic amide) rings is 1. The highest BCUT2D eigenvalue weighted by atomic mass is 79.9. The van der Waals surface area contributed by atoms with Crippen molar-refractivity contribution in [3.05, 3.63) is 11.3 Å². The van der Waals surface area contributed by atoms with Gasteiger partial charge in [0.25, 0.3) is 5.91 Å². The highest BCUT2D eigenvalue weighted by Gasteiger charge is 2.54. The summed E-state index contributed by atoms with van der Waals surface area (Å²) in [5.41, 5.74) is 0.624. The molecule has 10 nitrogen and oxygen atoms in total. The molecule has 1 fully saturated rings. The van der Waals surface area contributed by atoms with Crippen molar-refractivity contribution in [1.29, 1.82) is 0 Å². The number of aromatic nitrogens is 4. The summed E-state index contributed by atoms with van der Waals surface area (Å²) < 4.78 is 1.62. The minimum absolute atomic E-state index is 0.00823. The summed E-state index contributed by atoms with van der Waals surface area (Å²) in [6, 6.07) is -0.694. The Hall–Kier alpha value is -1.60. The first kappa shape index (κ1) is 19.2. The third kappa shape index (κ3) is 3.47. The van der Waals surface area contributed by atoms with Gasteiger partial charge in [0.1, 0.15) is 17.1 Å². The van der Waals surface area contributed by atoms with Crippen molar-refractivity contribution in [2.24, 2.45) is 0 Å². The lowest BCUT2D eigenvalue weighted by Crippen LogP contribution is -2.70. The Morgan fingerprint density at radius 3 is 2.92 bits per heavy atom. The zero-order valence-electron chi connectivity index (χ0n) is 13.6. The summed E-state index contributed by atoms with van der Waals surface area (Å²) in [5.74, 6) is -1.05. The minimum atomic E-state index is -1.15. The predicted octanol–water partition coefficient (Wildman–Crippen LogP) is -0.0814. The molecule has 13 heteroatoms. The van der Waals surface area contributed by atoms with Gasteiger partial charge >= 0.3 is 5.97 Å². The molecule has 0 aromatic carbocycles. The second-order valence-electron chi connectivity index (χ2n) is 5.41. The maximum Gasteiger partial charge on any atom is 0.352 e. The van der Waals surface area contributed by atoms with Crippen LogP contribution in [0.4, 0.5) is 0 Å². The fraction of sp³-hybridized carbons (Fsp3) is 0.538. The smallest absolute Gasteiger partial charge is 0.352 e. The fourth-order valence-corrected chi connectivity index (χ4v) is 5.24. The largest absolute Gasteiger partial charge is 0.477 e. The molecule has 1 aromatic rings. The molecule has 0 radical (unpaired) electrons. The second kappa shape index (κ2) is 7.96. The Morgan fingerprint density at radius 1 is 1.50 bits per heavy atom. The monoisotopic (exact) mass is 462 g/mol. The van der Waals surface area contributed by atoms with E-state index in [1.54, 1.807) is 4.68 Å². The van der Waals surface area contributed by atoms with Crippen molar-refractivity contribution in [2.75, 3.05) is 16.8 Å². The summed E-state index contributed by atoms with van der Waals surface area (Å²) in [6.07, 6.45) is 0. The number of alkyl halides is 1. The molecule has 2 aliphatic heterocycles. The van der Waals surface area contributed by atoms with Crippen LogP contribution >= 0.6 is 39.5 Å². The summed E-state index contributed by atoms with van der Waals surface area (Å²) in [5, 5.41) is 23.9. The highest BCUT2D eigenvalue weighted by molar-refractivity contribution is 9.09. The summed E-state index contributed by atoms with van der Waals surface area (Å²) >= 11 is 5.80. The standard InChI is InChI=1S/C13H15BrN6O4S2/c1-2-19-13(16-17-18-19)26-5-6-4-25-11-8(15-7(21)3-14)10(22)20(11)9(6)12(23)24/h8,11H,2-5H2,1H3,(H,15,21)(H,23,24)/t8?,11-/m0/s1. The van der Waals surface area contributed by atoms with E-state index >= 15 is 0 Å². The third-order valence-corrected chi connectivity index (χ3v) is 6.75. The zero-order chi connectivity index (χ0) is 18.8. The van der Waals surface area contributed by atoms with E-state index in [2.05, 4.69) is 36.8 Å². The molecule has 140 valence electrons. The van der Waals surface area contributed by atoms with E-state index in [-0.39, 0.29) is 16.9 Å². The Bertz CT molecular complexity index is 784. The second-order valence-corrected chi connectivity index (χ2v) is 8.02. The van der Waals surface area contributed by atoms with Crippen LogP contribution in [0.15, 0.2) is 16.4 Å². The minimum Gasteiger partial charge on any atom is -0.477 e. The maximum atomic E-state index is 12.4. The number of hydrogen-bond donors (Lipinski definition) is 2. The Kier molecular flexibility index (Phi) is 5.87. The van der Waals surface area contributed by atoms with Crippen LogP contribution in [-0.4, -0.2) is 76.2 Å². The van der Waals surface area contributed by atoms with Gasteiger partial charge in [0.15, 0.2) is 0 Å². The number of amides is 2. The number of aryl methyl sites for hydroxylation is 1. The number of carbonyl (C=O) groups excluding carboxylic acids is 2. The van der Waals surface area contributed by atoms with E-state index in [0.29, 0.717) is 28.8 Å². The van der Waals surface area contributed by atoms with Crippen LogP contribution in [-0.2, 0) is 20.9 Å². The lowest BCUT2D eigenvalue weighted by atomic mass is 10.0. The van der Waals surface area contributed by atoms with Gasteiger partial charge in [-0.2, -0.15) is 0 Å². The summed E-state index contributed by atoms with van der Waals surface area (Å²) in [6.45, 7) is 2.51. The van der Waals surface area contributed by atoms with Crippen molar-refractivity contribution in [1.82, 2.24) is 30.4 Å². The number of fused-ring (bicyclic) bond motifs is 1. The van der Waals surface area contributed by atoms with Crippen LogP contribution < -0.4 is 5.32 Å². The third-order valence-electron chi connectivity index (χ3n) is 3.86. The fourth-order valence-electron chi connectivity index (χ4n) is 2.66. The number of hydrogen-bond acceptors (Lipinski definition) is 8. The molecule has 0 saturated carbocycles. The highest BCUT2D eigenvalue weighted by Crippen LogP contribution is 2.41. The SMILES string of the molecule is CCn1nnnc1SCC1=C(C(=O)O)N2C(=O)C(NC(=O)CBr)[C@@H]2SC1. The molecule has 1 aromatic heterocycles. The predicted molar refractivity (Wildman–Crippen MR) is 97.7 cm³/mol. The molecule has 0 bridgehead atoms. The van der Waals surface area contributed by atoms with E-state index in [4.69, 9.17) is 0 Å². The van der Waals surface area contributed by atoms with Crippen molar-refractivity contribution in [2.45, 2.75) is 30.0 Å². The van der Waals surface area contributed by atoms with E-state index in [9.17, 15) is 19.5 Å². The quantitative estimate of drug-likeness (QED) is 0.324. The zero-order valence-corrected chi connectivity index (χ0v) is 16.8. The molecule has 0 aliphatic carbocycles. The first-order valence-corrected chi connectivity index (χ1v) is 10.8. The molecule has 2 amide bonds. The molecule has 3 heterocycles. The maximum absolute atomic E-state index is 12.4. The topological polar surface area (TPSA) is 130 Å². The molecular weight excluding hydrogens is 448 g/mol. The van der Waals surface area contributed by atoms with E-state index in [1.807, 2.05) is 6.92 Å². The molecule has 2 aliphatic rings. The van der Waals surface area contributed by atoms with E-state index < -0.39 is 23.3 Å². The van der Waals surface area contributed by atoms with Crippen LogP contribution in [0.5, 0.6) is 0 Å². The van der Waals surface area contributed by atoms with Gasteiger partial charge in [0.2, 0.25) is 11.1 Å². The molecular formula is C13H15BrN6O4S2. The molecule has 1 unspecified atom stereocenters. The van der Waals surface area contributed by atoms with Gasteiger partial charge in [-0.05, 0) is 22.9 Å². The van der Waals surface area contributed by atoms with Gasteiger partial charge in [0.05, 0.1) is 5.33 Å². The molecule has 1 saturated heterocycles. The number of carboxylic acid groups (broad SMARTS) is 1. The van der Waals surface area contributed by atoms with Gasteiger partial charge in [-0.25, -0.2) is 9.48 Å². The number of carbonyl (C=O) groups is 3. The van der Waals surface area contributed by atoms with Crippen molar-refractivity contribution in [3.8, 4) is 0 Å². The lowest BCUT2D eigenvalue weighted by Gasteiger charge is -2.49. The number of aliphatic carboxylic acids is 1. The number of nitrogens with zero attached hydrogens (tertiary/aromatic N) is 5. The van der Waals surface area contributed by atoms with Crippen LogP contribution in [0, 0.1) is 0 Å². The first-order chi connectivity index (χ1) is 12.5. The van der Waals surface area contributed by atoms with Crippen LogP contribution in [0.25, 0.3) is 0 Å². The summed E-state index contributed by atoms with van der Waals surface area (Å²) in [4.78, 5) is 36.9. The summed E-state index contributed by atoms with van der Waals surface area (Å²) in [7, 11) is 0. The number of thioether (sulfide) groups is 2. The van der Waals surface area contributed by atoms with Crippen LogP contribution in [0.2, 0.25) is 0 Å². The van der Waals surface area contributed by atoms with E-state index in [1.165, 1.54) is 28.4 Å². The average molecular weight is 463 g/mol. The van der Waals surface area contributed by atoms with Gasteiger partial charge in [0, 0.05) is 18.1 Å². The van der Waals surface area contributed by atoms with Crippen LogP contribution in [0.1, 0.15) is 6.92 Å². The molecule has 0 spiro atoms. The number of rotatable bonds is 7. The Balaban J connectivity index is 1.77. The van der Waals surface area contributed by atoms with Crippen molar-refractivity contribution >= 4 is 57.2 Å².